The summed E-state index contributed by atoms with van der Waals surface area (Å²) in [5, 5.41) is 7.75. The Labute approximate surface area is 671 Å². The van der Waals surface area contributed by atoms with Crippen molar-refractivity contribution in [3.8, 4) is 28.5 Å². The van der Waals surface area contributed by atoms with Crippen LogP contribution in [0, 0.1) is 0 Å². The third-order valence-corrected chi connectivity index (χ3v) is 27.8. The number of nitrogens with zero attached hydrogens (tertiary/aromatic N) is 6. The van der Waals surface area contributed by atoms with Crippen molar-refractivity contribution in [2.75, 3.05) is 9.80 Å². The quantitative estimate of drug-likeness (QED) is 0.166. The van der Waals surface area contributed by atoms with E-state index in [4.69, 9.17) is 4.98 Å². The molecule has 0 aliphatic carbocycles. The first kappa shape index (κ1) is 65.1. The van der Waals surface area contributed by atoms with Gasteiger partial charge < -0.3 is 18.9 Å². The lowest BCUT2D eigenvalue weighted by atomic mass is 9.62. The van der Waals surface area contributed by atoms with Gasteiger partial charge in [0.15, 0.2) is 0 Å². The summed E-state index contributed by atoms with van der Waals surface area (Å²) < 4.78 is 9.85. The summed E-state index contributed by atoms with van der Waals surface area (Å²) in [6.07, 6.45) is 0. The maximum absolute atomic E-state index is 5.16. The number of benzene rings is 17. The minimum Gasteiger partial charge on any atom is -0.310 e. The minimum atomic E-state index is -0.557. The third kappa shape index (κ3) is 9.25. The zero-order valence-corrected chi connectivity index (χ0v) is 64.0. The molecule has 0 saturated carbocycles. The Morgan fingerprint density at radius 3 is 1.12 bits per heavy atom. The lowest BCUT2D eigenvalue weighted by molar-refractivity contribution is 0.695. The predicted octanol–water partition coefficient (Wildman–Crippen LogP) is 28.2. The van der Waals surface area contributed by atoms with Gasteiger partial charge >= 0.3 is 0 Å². The molecule has 0 amide bonds. The molecule has 17 aromatic carbocycles. The molecule has 0 radical (unpaired) electrons. The van der Waals surface area contributed by atoms with E-state index in [2.05, 4.69) is 424 Å². The van der Waals surface area contributed by atoms with Crippen LogP contribution in [-0.4, -0.2) is 18.7 Å². The van der Waals surface area contributed by atoms with Crippen molar-refractivity contribution in [1.29, 1.82) is 0 Å². The number of para-hydroxylation sites is 11. The molecular weight excluding hydrogens is 1440 g/mol. The van der Waals surface area contributed by atoms with Crippen LogP contribution in [-0.2, 0) is 10.8 Å². The summed E-state index contributed by atoms with van der Waals surface area (Å²) in [6.45, 7) is 0. The molecule has 6 nitrogen and oxygen atoms in total. The maximum atomic E-state index is 5.16. The van der Waals surface area contributed by atoms with Gasteiger partial charge in [-0.3, -0.25) is 4.57 Å². The lowest BCUT2D eigenvalue weighted by Gasteiger charge is -2.49. The van der Waals surface area contributed by atoms with Crippen molar-refractivity contribution in [3.63, 3.8) is 0 Å². The van der Waals surface area contributed by atoms with Crippen molar-refractivity contribution in [2.24, 2.45) is 0 Å². The van der Waals surface area contributed by atoms with E-state index in [1.807, 2.05) is 34.9 Å². The predicted molar refractivity (Wildman–Crippen MR) is 476 cm³/mol. The fourth-order valence-electron chi connectivity index (χ4n) is 19.7. The van der Waals surface area contributed by atoms with Crippen molar-refractivity contribution in [2.45, 2.75) is 30.4 Å². The molecule has 0 saturated heterocycles. The van der Waals surface area contributed by atoms with Crippen molar-refractivity contribution in [3.05, 3.63) is 445 Å². The number of aromatic nitrogens is 4. The Bertz CT molecular complexity index is 7430. The van der Waals surface area contributed by atoms with E-state index in [-0.39, 0.29) is 0 Å². The molecule has 4 aliphatic rings. The molecule has 0 bridgehead atoms. The summed E-state index contributed by atoms with van der Waals surface area (Å²) >= 11 is 5.71. The van der Waals surface area contributed by atoms with Crippen LogP contribution in [0.2, 0.25) is 0 Å². The highest BCUT2D eigenvalue weighted by atomic mass is 32.2. The molecule has 4 aliphatic heterocycles. The van der Waals surface area contributed by atoms with Crippen molar-refractivity contribution in [1.82, 2.24) is 18.7 Å². The van der Waals surface area contributed by atoms with Gasteiger partial charge in [0.2, 0.25) is 0 Å². The van der Waals surface area contributed by atoms with Gasteiger partial charge in [-0.2, -0.15) is 0 Å². The standard InChI is InChI=1S/C56H36N4S.C49H30N2S2/c1-3-17-38(18-4-1)59-48-27-13-8-22-42(48)56(43-23-9-14-28-49(43)59)44-24-10-16-30-52(44)61-54-45(56)35-36-51-53(54)41-21-7-12-26-47(41)58(51)40-33-31-37(32-34-40)55-57-46-25-11-15-29-50(46)60(55)39-19-5-2-6-20-39;1-2-14-31(15-3-1)50-41-22-10-6-18-36(41)49(37-19-7-11-23-42(37)50)38-20-8-13-25-46(38)53-48-39(49)27-28-43-47(48)34-17-4-9-21-40(34)51(43)32-26-29-45-35(30-32)33-16-5-12-24-44(33)52-45/h1-36H;1-30H. The van der Waals surface area contributed by atoms with E-state index in [1.54, 1.807) is 0 Å². The number of anilines is 6. The van der Waals surface area contributed by atoms with Gasteiger partial charge in [-0.25, -0.2) is 4.98 Å². The Hall–Kier alpha value is -13.7. The van der Waals surface area contributed by atoms with Crippen molar-refractivity contribution >= 4 is 144 Å². The average Bonchev–Trinajstić information content (AvgIpc) is 1.54. The largest absolute Gasteiger partial charge is 0.310 e. The molecule has 534 valence electrons. The lowest BCUT2D eigenvalue weighted by Crippen LogP contribution is -2.39. The highest BCUT2D eigenvalue weighted by Crippen LogP contribution is 2.67. The van der Waals surface area contributed by atoms with Crippen LogP contribution in [0.3, 0.4) is 0 Å². The van der Waals surface area contributed by atoms with Crippen LogP contribution in [0.1, 0.15) is 44.5 Å². The molecule has 9 heteroatoms. The first-order valence-corrected chi connectivity index (χ1v) is 41.4. The van der Waals surface area contributed by atoms with Crippen LogP contribution in [0.25, 0.3) is 103 Å². The number of fused-ring (bicyclic) bond motifs is 28. The molecule has 8 heterocycles. The van der Waals surface area contributed by atoms with Gasteiger partial charge in [-0.1, -0.05) is 266 Å². The van der Waals surface area contributed by atoms with Gasteiger partial charge in [-0.05, 0) is 202 Å². The van der Waals surface area contributed by atoms with E-state index in [9.17, 15) is 0 Å². The molecule has 0 fully saturated rings. The molecular formula is C105H66N6S3. The van der Waals surface area contributed by atoms with E-state index in [0.29, 0.717) is 0 Å². The summed E-state index contributed by atoms with van der Waals surface area (Å²) in [6, 6.07) is 147. The number of rotatable bonds is 6. The van der Waals surface area contributed by atoms with Gasteiger partial charge in [0.05, 0.1) is 66.7 Å². The van der Waals surface area contributed by atoms with E-state index >= 15 is 0 Å². The Morgan fingerprint density at radius 2 is 0.614 bits per heavy atom. The summed E-state index contributed by atoms with van der Waals surface area (Å²) in [4.78, 5) is 15.3. The normalized spacial score (nSPS) is 13.8. The molecule has 0 atom stereocenters. The summed E-state index contributed by atoms with van der Waals surface area (Å²) in [7, 11) is 0. The average molecular weight is 1510 g/mol. The Balaban J connectivity index is 0.000000133. The van der Waals surface area contributed by atoms with E-state index < -0.39 is 10.8 Å². The smallest absolute Gasteiger partial charge is 0.145 e. The van der Waals surface area contributed by atoms with Gasteiger partial charge in [-0.15, -0.1) is 11.3 Å². The maximum Gasteiger partial charge on any atom is 0.145 e. The Morgan fingerprint density at radius 1 is 0.237 bits per heavy atom. The highest BCUT2D eigenvalue weighted by molar-refractivity contribution is 8.00. The number of hydrogen-bond acceptors (Lipinski definition) is 6. The molecule has 0 N–H and O–H groups in total. The zero-order valence-electron chi connectivity index (χ0n) is 61.5. The zero-order chi connectivity index (χ0) is 74.7. The first-order valence-electron chi connectivity index (χ1n) is 38.9. The van der Waals surface area contributed by atoms with E-state index in [0.717, 1.165) is 45.2 Å². The second-order valence-corrected chi connectivity index (χ2v) is 33.1. The van der Waals surface area contributed by atoms with Crippen LogP contribution in [0.5, 0.6) is 0 Å². The van der Waals surface area contributed by atoms with Gasteiger partial charge in [0, 0.05) is 95.3 Å². The first-order chi connectivity index (χ1) is 56.6. The monoisotopic (exact) mass is 1510 g/mol. The SMILES string of the molecule is c1ccc(N2c3ccccc3C3(c4ccccc4Sc4c3ccc3c4c4ccccc4n3-c3ccc(-c4nc5ccccc5n4-c4ccccc4)cc3)c3ccccc32)cc1.c1ccc(N2c3ccccc3C3(c4ccccc4Sc4c3ccc3c4c4ccccc4n3-c3ccc4sc5ccccc5c4c3)c3ccccc32)cc1. The fourth-order valence-corrected chi connectivity index (χ4v) is 23.5. The summed E-state index contributed by atoms with van der Waals surface area (Å²) in [5.41, 5.74) is 27.9. The second-order valence-electron chi connectivity index (χ2n) is 29.9. The van der Waals surface area contributed by atoms with Crippen LogP contribution >= 0.6 is 34.9 Å². The highest BCUT2D eigenvalue weighted by Gasteiger charge is 2.53. The van der Waals surface area contributed by atoms with Gasteiger partial charge in [0.1, 0.15) is 5.82 Å². The van der Waals surface area contributed by atoms with Crippen LogP contribution in [0.15, 0.2) is 420 Å². The van der Waals surface area contributed by atoms with Crippen LogP contribution < -0.4 is 9.80 Å². The minimum absolute atomic E-state index is 0.526. The number of thiophene rings is 1. The number of hydrogen-bond donors (Lipinski definition) is 0. The van der Waals surface area contributed by atoms with Crippen molar-refractivity contribution < 1.29 is 0 Å². The second kappa shape index (κ2) is 25.4. The molecule has 4 aromatic heterocycles. The van der Waals surface area contributed by atoms with Gasteiger partial charge in [0.25, 0.3) is 0 Å². The third-order valence-electron chi connectivity index (χ3n) is 24.2. The van der Waals surface area contributed by atoms with Crippen LogP contribution in [0.4, 0.5) is 34.1 Å². The van der Waals surface area contributed by atoms with E-state index in [1.165, 1.54) is 156 Å². The molecule has 2 spiro atoms. The topological polar surface area (TPSA) is 34.2 Å². The summed E-state index contributed by atoms with van der Waals surface area (Å²) in [5.74, 6) is 0.925. The molecule has 25 rings (SSSR count). The molecule has 21 aromatic rings. The molecule has 114 heavy (non-hydrogen) atoms. The Kier molecular flexibility index (Phi) is 14.5. The fraction of sp³-hybridized carbons (Fsp3) is 0.0190. The number of imidazole rings is 1. The molecule has 0 unspecified atom stereocenters.